The van der Waals surface area contributed by atoms with Crippen LogP contribution in [0, 0.1) is 5.92 Å². The molecule has 3 atom stereocenters. The number of nitrogens with zero attached hydrogens (tertiary/aromatic N) is 2. The van der Waals surface area contributed by atoms with Gasteiger partial charge in [0.15, 0.2) is 0 Å². The van der Waals surface area contributed by atoms with Crippen molar-refractivity contribution < 1.29 is 9.47 Å². The molecule has 0 aromatic rings. The van der Waals surface area contributed by atoms with Gasteiger partial charge in [-0.1, -0.05) is 11.6 Å². The van der Waals surface area contributed by atoms with Crippen LogP contribution in [-0.4, -0.2) is 72.0 Å². The van der Waals surface area contributed by atoms with Crippen molar-refractivity contribution in [3.05, 3.63) is 11.6 Å². The van der Waals surface area contributed by atoms with Gasteiger partial charge in [0.05, 0.1) is 11.7 Å². The molecule has 5 aliphatic rings. The summed E-state index contributed by atoms with van der Waals surface area (Å²) in [5.74, 6) is 0.955. The lowest BCUT2D eigenvalue weighted by atomic mass is 9.78. The first-order valence-electron chi connectivity index (χ1n) is 11.9. The quantitative estimate of drug-likeness (QED) is 0.487. The van der Waals surface area contributed by atoms with E-state index < -0.39 is 0 Å². The molecular formula is C24H40N2O2. The van der Waals surface area contributed by atoms with Crippen molar-refractivity contribution in [2.75, 3.05) is 32.7 Å². The number of rotatable bonds is 7. The predicted molar refractivity (Wildman–Crippen MR) is 113 cm³/mol. The average Bonchev–Trinajstić information content (AvgIpc) is 3.43. The Kier molecular flexibility index (Phi) is 5.14. The van der Waals surface area contributed by atoms with Crippen LogP contribution in [0.15, 0.2) is 11.6 Å². The number of likely N-dealkylation sites (tertiary alicyclic amines) is 2. The molecule has 4 nitrogen and oxygen atoms in total. The lowest BCUT2D eigenvalue weighted by molar-refractivity contribution is 0.0167. The Morgan fingerprint density at radius 1 is 1.07 bits per heavy atom. The van der Waals surface area contributed by atoms with Gasteiger partial charge in [0.2, 0.25) is 0 Å². The zero-order valence-electron chi connectivity index (χ0n) is 18.3. The van der Waals surface area contributed by atoms with Crippen LogP contribution >= 0.6 is 0 Å². The molecule has 0 radical (unpaired) electrons. The van der Waals surface area contributed by atoms with Gasteiger partial charge in [-0.15, -0.1) is 0 Å². The van der Waals surface area contributed by atoms with Crippen LogP contribution in [0.5, 0.6) is 0 Å². The van der Waals surface area contributed by atoms with Gasteiger partial charge in [-0.25, -0.2) is 0 Å². The number of ether oxygens (including phenoxy) is 2. The first-order valence-corrected chi connectivity index (χ1v) is 11.9. The van der Waals surface area contributed by atoms with Crippen LogP contribution in [0.3, 0.4) is 0 Å². The van der Waals surface area contributed by atoms with E-state index in [2.05, 4.69) is 36.6 Å². The molecule has 1 spiro atoms. The normalized spacial score (nSPS) is 43.9. The van der Waals surface area contributed by atoms with E-state index in [1.807, 2.05) is 0 Å². The largest absolute Gasteiger partial charge is 0.363 e. The van der Waals surface area contributed by atoms with Crippen LogP contribution in [0.1, 0.15) is 72.1 Å². The van der Waals surface area contributed by atoms with Crippen LogP contribution in [-0.2, 0) is 9.47 Å². The highest BCUT2D eigenvalue weighted by atomic mass is 16.7. The number of hydrogen-bond acceptors (Lipinski definition) is 4. The molecule has 0 bridgehead atoms. The van der Waals surface area contributed by atoms with E-state index in [-0.39, 0.29) is 11.2 Å². The zero-order chi connectivity index (χ0) is 19.4. The summed E-state index contributed by atoms with van der Waals surface area (Å²) in [5.41, 5.74) is 1.53. The average molecular weight is 389 g/mol. The van der Waals surface area contributed by atoms with Gasteiger partial charge < -0.3 is 14.4 Å². The molecule has 5 fully saturated rings. The third-order valence-corrected chi connectivity index (χ3v) is 8.37. The molecule has 4 heteroatoms. The zero-order valence-corrected chi connectivity index (χ0v) is 18.3. The Bertz CT molecular complexity index is 596. The van der Waals surface area contributed by atoms with Crippen LogP contribution in [0.25, 0.3) is 0 Å². The van der Waals surface area contributed by atoms with Crippen molar-refractivity contribution in [2.45, 2.75) is 102 Å². The summed E-state index contributed by atoms with van der Waals surface area (Å²) < 4.78 is 12.4. The van der Waals surface area contributed by atoms with Gasteiger partial charge in [0, 0.05) is 19.1 Å². The van der Waals surface area contributed by atoms with Crippen molar-refractivity contribution in [3.63, 3.8) is 0 Å². The molecule has 1 aliphatic carbocycles. The first kappa shape index (κ1) is 19.5. The van der Waals surface area contributed by atoms with Crippen LogP contribution in [0.4, 0.5) is 0 Å². The molecule has 0 aromatic carbocycles. The third kappa shape index (κ3) is 3.71. The van der Waals surface area contributed by atoms with Crippen molar-refractivity contribution in [1.29, 1.82) is 0 Å². The minimum absolute atomic E-state index is 0.0176. The van der Waals surface area contributed by atoms with Crippen molar-refractivity contribution in [3.8, 4) is 0 Å². The molecule has 158 valence electrons. The fourth-order valence-corrected chi connectivity index (χ4v) is 6.27. The fraction of sp³-hybridized carbons (Fsp3) is 0.917. The maximum atomic E-state index is 6.34. The Morgan fingerprint density at radius 2 is 1.79 bits per heavy atom. The summed E-state index contributed by atoms with van der Waals surface area (Å²) in [5, 5.41) is 0. The Balaban J connectivity index is 1.02. The standard InChI is InChI=1S/C24H40N2O2/c1-18(2)6-7-21-23(3,27-21)22-24(28-22)11-8-20(9-12-24)26-16-19(17-26)10-15-25-13-4-5-14-25/h6,19-22H,4-5,7-17H2,1-3H3/t20?,21-,22?,23-,24?/m1/s1. The van der Waals surface area contributed by atoms with Gasteiger partial charge in [0.1, 0.15) is 11.7 Å². The Morgan fingerprint density at radius 3 is 2.46 bits per heavy atom. The summed E-state index contributed by atoms with van der Waals surface area (Å²) in [6.45, 7) is 13.4. The second-order valence-electron chi connectivity index (χ2n) is 10.8. The molecule has 4 heterocycles. The fourth-order valence-electron chi connectivity index (χ4n) is 6.27. The highest BCUT2D eigenvalue weighted by Gasteiger charge is 2.73. The van der Waals surface area contributed by atoms with Crippen molar-refractivity contribution in [2.24, 2.45) is 5.92 Å². The molecule has 5 rings (SSSR count). The van der Waals surface area contributed by atoms with E-state index in [4.69, 9.17) is 9.47 Å². The second kappa shape index (κ2) is 7.37. The molecule has 1 unspecified atom stereocenters. The van der Waals surface area contributed by atoms with Crippen molar-refractivity contribution >= 4 is 0 Å². The van der Waals surface area contributed by atoms with Gasteiger partial charge in [-0.2, -0.15) is 0 Å². The third-order valence-electron chi connectivity index (χ3n) is 8.37. The molecule has 1 saturated carbocycles. The number of allylic oxidation sites excluding steroid dienone is 1. The minimum Gasteiger partial charge on any atom is -0.363 e. The van der Waals surface area contributed by atoms with Gasteiger partial charge >= 0.3 is 0 Å². The Hall–Kier alpha value is -0.420. The monoisotopic (exact) mass is 388 g/mol. The summed E-state index contributed by atoms with van der Waals surface area (Å²) in [7, 11) is 0. The highest BCUT2D eigenvalue weighted by molar-refractivity contribution is 5.22. The van der Waals surface area contributed by atoms with Gasteiger partial charge in [-0.05, 0) is 97.7 Å². The van der Waals surface area contributed by atoms with E-state index in [0.717, 1.165) is 18.4 Å². The second-order valence-corrected chi connectivity index (χ2v) is 10.8. The molecule has 0 N–H and O–H groups in total. The number of epoxide rings is 2. The molecular weight excluding hydrogens is 348 g/mol. The lowest BCUT2D eigenvalue weighted by Crippen LogP contribution is -2.54. The highest BCUT2D eigenvalue weighted by Crippen LogP contribution is 2.60. The van der Waals surface area contributed by atoms with Gasteiger partial charge in [-0.3, -0.25) is 4.90 Å². The van der Waals surface area contributed by atoms with Gasteiger partial charge in [0.25, 0.3) is 0 Å². The molecule has 4 aliphatic heterocycles. The molecule has 0 amide bonds. The van der Waals surface area contributed by atoms with E-state index >= 15 is 0 Å². The maximum absolute atomic E-state index is 6.34. The maximum Gasteiger partial charge on any atom is 0.121 e. The first-order chi connectivity index (χ1) is 13.5. The van der Waals surface area contributed by atoms with E-state index in [1.54, 1.807) is 0 Å². The summed E-state index contributed by atoms with van der Waals surface area (Å²) in [6.07, 6.45) is 13.5. The van der Waals surface area contributed by atoms with E-state index in [0.29, 0.717) is 12.2 Å². The van der Waals surface area contributed by atoms with Crippen LogP contribution < -0.4 is 0 Å². The molecule has 28 heavy (non-hydrogen) atoms. The lowest BCUT2D eigenvalue weighted by Gasteiger charge is -2.47. The minimum atomic E-state index is -0.0176. The molecule has 4 saturated heterocycles. The molecule has 0 aromatic heterocycles. The van der Waals surface area contributed by atoms with E-state index in [9.17, 15) is 0 Å². The SMILES string of the molecule is CC(C)=CC[C@H]1O[C@@]1(C)C1OC12CCC(N1CC(CCN3CCCC3)C1)CC2. The Labute approximate surface area is 171 Å². The van der Waals surface area contributed by atoms with Crippen LogP contribution in [0.2, 0.25) is 0 Å². The topological polar surface area (TPSA) is 31.5 Å². The van der Waals surface area contributed by atoms with Crippen molar-refractivity contribution in [1.82, 2.24) is 9.80 Å². The summed E-state index contributed by atoms with van der Waals surface area (Å²) in [4.78, 5) is 5.44. The number of hydrogen-bond donors (Lipinski definition) is 0. The smallest absolute Gasteiger partial charge is 0.121 e. The summed E-state index contributed by atoms with van der Waals surface area (Å²) >= 11 is 0. The summed E-state index contributed by atoms with van der Waals surface area (Å²) in [6, 6.07) is 0.813. The van der Waals surface area contributed by atoms with E-state index in [1.165, 1.54) is 83.2 Å². The predicted octanol–water partition coefficient (Wildman–Crippen LogP) is 4.00.